The number of hydrogen-bond acceptors (Lipinski definition) is 4. The van der Waals surface area contributed by atoms with Crippen molar-refractivity contribution in [2.24, 2.45) is 0 Å². The van der Waals surface area contributed by atoms with E-state index in [1.165, 1.54) is 11.3 Å². The summed E-state index contributed by atoms with van der Waals surface area (Å²) < 4.78 is 32.4. The highest BCUT2D eigenvalue weighted by Gasteiger charge is 2.20. The van der Waals surface area contributed by atoms with Crippen LogP contribution in [0, 0.1) is 11.6 Å². The summed E-state index contributed by atoms with van der Waals surface area (Å²) in [6.45, 7) is 2.15. The number of nitrogens with zero attached hydrogens (tertiary/aromatic N) is 1. The van der Waals surface area contributed by atoms with Gasteiger partial charge in [-0.1, -0.05) is 0 Å². The van der Waals surface area contributed by atoms with Crippen LogP contribution in [0.5, 0.6) is 0 Å². The summed E-state index contributed by atoms with van der Waals surface area (Å²) in [6.07, 6.45) is -0.107. The van der Waals surface area contributed by atoms with E-state index in [-0.39, 0.29) is 11.7 Å². The van der Waals surface area contributed by atoms with Gasteiger partial charge in [0.1, 0.15) is 22.7 Å². The minimum Gasteiger partial charge on any atom is -0.368 e. The van der Waals surface area contributed by atoms with Crippen LogP contribution in [0.25, 0.3) is 11.3 Å². The predicted octanol–water partition coefficient (Wildman–Crippen LogP) is 2.75. The van der Waals surface area contributed by atoms with Crippen LogP contribution < -0.4 is 5.32 Å². The number of ether oxygens (including phenoxy) is 1. The zero-order valence-electron chi connectivity index (χ0n) is 10.0. The van der Waals surface area contributed by atoms with E-state index in [2.05, 4.69) is 10.3 Å². The van der Waals surface area contributed by atoms with Crippen LogP contribution in [-0.2, 0) is 4.74 Å². The molecule has 3 nitrogen and oxygen atoms in total. The fourth-order valence-corrected chi connectivity index (χ4v) is 2.84. The first kappa shape index (κ1) is 12.7. The average Bonchev–Trinajstić information content (AvgIpc) is 2.92. The predicted molar refractivity (Wildman–Crippen MR) is 69.0 cm³/mol. The lowest BCUT2D eigenvalue weighted by molar-refractivity contribution is 0.0276. The van der Waals surface area contributed by atoms with Crippen LogP contribution in [0.2, 0.25) is 0 Å². The van der Waals surface area contributed by atoms with Crippen LogP contribution >= 0.6 is 11.3 Å². The van der Waals surface area contributed by atoms with E-state index in [0.717, 1.165) is 29.8 Å². The van der Waals surface area contributed by atoms with Crippen molar-refractivity contribution < 1.29 is 13.5 Å². The maximum atomic E-state index is 13.7. The smallest absolute Gasteiger partial charge is 0.132 e. The number of benzene rings is 1. The van der Waals surface area contributed by atoms with Crippen LogP contribution in [0.15, 0.2) is 23.6 Å². The Labute approximate surface area is 113 Å². The third-order valence-corrected chi connectivity index (χ3v) is 3.87. The van der Waals surface area contributed by atoms with Gasteiger partial charge in [-0.05, 0) is 18.2 Å². The number of rotatable bonds is 2. The van der Waals surface area contributed by atoms with Gasteiger partial charge in [0.05, 0.1) is 12.3 Å². The van der Waals surface area contributed by atoms with E-state index in [1.54, 1.807) is 5.38 Å². The van der Waals surface area contributed by atoms with Gasteiger partial charge in [-0.15, -0.1) is 11.3 Å². The number of thiazole rings is 1. The van der Waals surface area contributed by atoms with Crippen molar-refractivity contribution in [2.75, 3.05) is 19.7 Å². The zero-order valence-corrected chi connectivity index (χ0v) is 10.8. The molecule has 1 aliphatic heterocycles. The summed E-state index contributed by atoms with van der Waals surface area (Å²) in [5, 5.41) is 5.72. The van der Waals surface area contributed by atoms with Crippen LogP contribution in [0.4, 0.5) is 8.78 Å². The van der Waals surface area contributed by atoms with Gasteiger partial charge in [-0.25, -0.2) is 13.8 Å². The minimum atomic E-state index is -0.471. The third-order valence-electron chi connectivity index (χ3n) is 2.93. The Kier molecular flexibility index (Phi) is 3.54. The molecule has 0 radical (unpaired) electrons. The highest BCUT2D eigenvalue weighted by molar-refractivity contribution is 7.10. The molecule has 1 fully saturated rings. The van der Waals surface area contributed by atoms with Gasteiger partial charge in [0.15, 0.2) is 0 Å². The first-order valence-corrected chi connectivity index (χ1v) is 6.85. The Morgan fingerprint density at radius 3 is 3.05 bits per heavy atom. The lowest BCUT2D eigenvalue weighted by Gasteiger charge is -2.21. The average molecular weight is 282 g/mol. The molecular weight excluding hydrogens is 270 g/mol. The second-order valence-corrected chi connectivity index (χ2v) is 5.15. The van der Waals surface area contributed by atoms with Crippen molar-refractivity contribution in [3.63, 3.8) is 0 Å². The molecular formula is C13H12F2N2OS. The fourth-order valence-electron chi connectivity index (χ4n) is 1.98. The summed E-state index contributed by atoms with van der Waals surface area (Å²) in [4.78, 5) is 4.35. The Balaban J connectivity index is 1.89. The number of morpholine rings is 1. The van der Waals surface area contributed by atoms with Gasteiger partial charge < -0.3 is 10.1 Å². The van der Waals surface area contributed by atoms with Gasteiger partial charge in [0, 0.05) is 24.0 Å². The first-order valence-electron chi connectivity index (χ1n) is 5.97. The number of nitrogens with one attached hydrogen (secondary N) is 1. The first-order chi connectivity index (χ1) is 9.24. The summed E-state index contributed by atoms with van der Waals surface area (Å²) in [5.74, 6) is -0.942. The highest BCUT2D eigenvalue weighted by Crippen LogP contribution is 2.29. The molecule has 1 atom stereocenters. The second-order valence-electron chi connectivity index (χ2n) is 4.26. The van der Waals surface area contributed by atoms with Gasteiger partial charge in [0.2, 0.25) is 0 Å². The Hall–Kier alpha value is -1.37. The van der Waals surface area contributed by atoms with E-state index in [1.807, 2.05) is 0 Å². The Morgan fingerprint density at radius 2 is 2.26 bits per heavy atom. The normalized spacial score (nSPS) is 19.6. The Morgan fingerprint density at radius 1 is 1.37 bits per heavy atom. The molecule has 1 unspecified atom stereocenters. The Bertz CT molecular complexity index is 582. The van der Waals surface area contributed by atoms with Crippen LogP contribution in [0.3, 0.4) is 0 Å². The summed E-state index contributed by atoms with van der Waals surface area (Å²) >= 11 is 1.40. The quantitative estimate of drug-likeness (QED) is 0.919. The van der Waals surface area contributed by atoms with Crippen LogP contribution in [-0.4, -0.2) is 24.7 Å². The van der Waals surface area contributed by atoms with Crippen molar-refractivity contribution in [2.45, 2.75) is 6.10 Å². The number of halogens is 2. The molecule has 3 rings (SSSR count). The van der Waals surface area contributed by atoms with E-state index >= 15 is 0 Å². The number of aromatic nitrogens is 1. The molecule has 0 spiro atoms. The molecule has 0 amide bonds. The lowest BCUT2D eigenvalue weighted by Crippen LogP contribution is -2.33. The highest BCUT2D eigenvalue weighted by atomic mass is 32.1. The van der Waals surface area contributed by atoms with Crippen molar-refractivity contribution in [1.29, 1.82) is 0 Å². The maximum absolute atomic E-state index is 13.7. The van der Waals surface area contributed by atoms with Gasteiger partial charge in [-0.3, -0.25) is 0 Å². The summed E-state index contributed by atoms with van der Waals surface area (Å²) in [7, 11) is 0. The molecule has 1 N–H and O–H groups in total. The molecule has 1 saturated heterocycles. The monoisotopic (exact) mass is 282 g/mol. The molecule has 0 bridgehead atoms. The lowest BCUT2D eigenvalue weighted by atomic mass is 10.1. The molecule has 1 aromatic carbocycles. The van der Waals surface area contributed by atoms with E-state index in [4.69, 9.17) is 4.74 Å². The van der Waals surface area contributed by atoms with E-state index < -0.39 is 11.6 Å². The molecule has 100 valence electrons. The third kappa shape index (κ3) is 2.65. The molecule has 19 heavy (non-hydrogen) atoms. The molecule has 6 heteroatoms. The molecule has 2 aromatic rings. The van der Waals surface area contributed by atoms with E-state index in [0.29, 0.717) is 18.8 Å². The van der Waals surface area contributed by atoms with Gasteiger partial charge >= 0.3 is 0 Å². The standard InChI is InChI=1S/C13H12F2N2OS/c14-8-1-2-10(15)9(5-8)11-7-19-13(17-11)12-6-16-3-4-18-12/h1-2,5,7,12,16H,3-4,6H2. The van der Waals surface area contributed by atoms with Gasteiger partial charge in [-0.2, -0.15) is 0 Å². The second kappa shape index (κ2) is 5.32. The zero-order chi connectivity index (χ0) is 13.2. The van der Waals surface area contributed by atoms with Crippen LogP contribution in [0.1, 0.15) is 11.1 Å². The summed E-state index contributed by atoms with van der Waals surface area (Å²) in [6, 6.07) is 3.37. The topological polar surface area (TPSA) is 34.1 Å². The SMILES string of the molecule is Fc1ccc(F)c(-c2csc(C3CNCCO3)n2)c1. The van der Waals surface area contributed by atoms with Crippen molar-refractivity contribution in [1.82, 2.24) is 10.3 Å². The largest absolute Gasteiger partial charge is 0.368 e. The molecule has 2 heterocycles. The van der Waals surface area contributed by atoms with E-state index in [9.17, 15) is 8.78 Å². The number of hydrogen-bond donors (Lipinski definition) is 1. The minimum absolute atomic E-state index is 0.107. The van der Waals surface area contributed by atoms with Gasteiger partial charge in [0.25, 0.3) is 0 Å². The summed E-state index contributed by atoms with van der Waals surface area (Å²) in [5.41, 5.74) is 0.637. The van der Waals surface area contributed by atoms with Crippen molar-refractivity contribution in [3.05, 3.63) is 40.2 Å². The van der Waals surface area contributed by atoms with Crippen molar-refractivity contribution in [3.8, 4) is 11.3 Å². The molecule has 0 saturated carbocycles. The molecule has 1 aromatic heterocycles. The molecule has 0 aliphatic carbocycles. The molecule has 1 aliphatic rings. The maximum Gasteiger partial charge on any atom is 0.132 e. The fraction of sp³-hybridized carbons (Fsp3) is 0.308. The van der Waals surface area contributed by atoms with Crippen molar-refractivity contribution >= 4 is 11.3 Å².